The van der Waals surface area contributed by atoms with Gasteiger partial charge in [0.05, 0.1) is 5.56 Å². The molecule has 0 saturated carbocycles. The summed E-state index contributed by atoms with van der Waals surface area (Å²) in [5.41, 5.74) is -0.275. The zero-order valence-electron chi connectivity index (χ0n) is 9.47. The van der Waals surface area contributed by atoms with Gasteiger partial charge in [-0.2, -0.15) is 13.2 Å². The van der Waals surface area contributed by atoms with Gasteiger partial charge in [-0.1, -0.05) is 6.07 Å². The van der Waals surface area contributed by atoms with Crippen molar-refractivity contribution in [3.05, 3.63) is 29.3 Å². The molecule has 2 rings (SSSR count). The zero-order chi connectivity index (χ0) is 12.5. The van der Waals surface area contributed by atoms with Crippen LogP contribution < -0.4 is 10.1 Å². The number of benzene rings is 1. The van der Waals surface area contributed by atoms with E-state index >= 15 is 0 Å². The predicted octanol–water partition coefficient (Wildman–Crippen LogP) is 2.62. The van der Waals surface area contributed by atoms with E-state index in [9.17, 15) is 13.2 Å². The van der Waals surface area contributed by atoms with Crippen molar-refractivity contribution < 1.29 is 17.9 Å². The molecule has 0 spiro atoms. The number of halogens is 3. The lowest BCUT2D eigenvalue weighted by atomic mass is 10.0. The van der Waals surface area contributed by atoms with Crippen molar-refractivity contribution in [3.63, 3.8) is 0 Å². The van der Waals surface area contributed by atoms with E-state index in [1.807, 2.05) is 7.05 Å². The van der Waals surface area contributed by atoms with Gasteiger partial charge in [0.25, 0.3) is 0 Å². The van der Waals surface area contributed by atoms with Gasteiger partial charge < -0.3 is 10.1 Å². The van der Waals surface area contributed by atoms with Gasteiger partial charge in [0.15, 0.2) is 0 Å². The summed E-state index contributed by atoms with van der Waals surface area (Å²) in [6.45, 7) is 0.736. The van der Waals surface area contributed by atoms with Crippen LogP contribution in [-0.4, -0.2) is 19.7 Å². The predicted molar refractivity (Wildman–Crippen MR) is 58.1 cm³/mol. The molecule has 0 bridgehead atoms. The first-order chi connectivity index (χ1) is 8.02. The number of rotatable bonds is 3. The molecule has 17 heavy (non-hydrogen) atoms. The molecule has 1 aromatic carbocycles. The topological polar surface area (TPSA) is 21.3 Å². The van der Waals surface area contributed by atoms with E-state index in [-0.39, 0.29) is 6.10 Å². The summed E-state index contributed by atoms with van der Waals surface area (Å²) in [7, 11) is 1.81. The van der Waals surface area contributed by atoms with E-state index in [2.05, 4.69) is 5.32 Å². The molecule has 0 fully saturated rings. The second kappa shape index (κ2) is 4.56. The molecule has 1 aliphatic heterocycles. The van der Waals surface area contributed by atoms with Crippen LogP contribution in [0.25, 0.3) is 0 Å². The fourth-order valence-corrected chi connectivity index (χ4v) is 2.07. The molecule has 1 heterocycles. The van der Waals surface area contributed by atoms with Crippen molar-refractivity contribution in [1.82, 2.24) is 5.32 Å². The molecule has 0 aromatic heterocycles. The minimum atomic E-state index is -4.30. The Kier molecular flexibility index (Phi) is 3.28. The molecule has 94 valence electrons. The van der Waals surface area contributed by atoms with Crippen molar-refractivity contribution in [2.45, 2.75) is 25.1 Å². The largest absolute Gasteiger partial charge is 0.490 e. The van der Waals surface area contributed by atoms with Crippen LogP contribution in [0.2, 0.25) is 0 Å². The van der Waals surface area contributed by atoms with Crippen LogP contribution in [0, 0.1) is 0 Å². The van der Waals surface area contributed by atoms with Crippen molar-refractivity contribution in [1.29, 1.82) is 0 Å². The molecule has 1 N–H and O–H groups in total. The van der Waals surface area contributed by atoms with E-state index in [4.69, 9.17) is 4.74 Å². The minimum absolute atomic E-state index is 0.152. The van der Waals surface area contributed by atoms with Crippen LogP contribution in [0.15, 0.2) is 18.2 Å². The number of hydrogen-bond acceptors (Lipinski definition) is 2. The molecule has 1 unspecified atom stereocenters. The standard InChI is InChI=1S/C12H14F3NO/c1-16-6-5-8-7-9-10(12(13,14)15)3-2-4-11(9)17-8/h2-4,8,16H,5-7H2,1H3. The average Bonchev–Trinajstić information content (AvgIpc) is 2.66. The highest BCUT2D eigenvalue weighted by Crippen LogP contribution is 2.40. The summed E-state index contributed by atoms with van der Waals surface area (Å²) in [5.74, 6) is 0.376. The first-order valence-corrected chi connectivity index (χ1v) is 5.52. The Bertz CT molecular complexity index is 403. The van der Waals surface area contributed by atoms with E-state index in [0.29, 0.717) is 24.2 Å². The SMILES string of the molecule is CNCCC1Cc2c(cccc2C(F)(F)F)O1. The van der Waals surface area contributed by atoms with Crippen LogP contribution in [0.3, 0.4) is 0 Å². The number of fused-ring (bicyclic) bond motifs is 1. The molecule has 1 aromatic rings. The molecule has 5 heteroatoms. The fraction of sp³-hybridized carbons (Fsp3) is 0.500. The Morgan fingerprint density at radius 3 is 2.82 bits per heavy atom. The maximum absolute atomic E-state index is 12.8. The highest BCUT2D eigenvalue weighted by atomic mass is 19.4. The summed E-state index contributed by atoms with van der Waals surface area (Å²) in [4.78, 5) is 0. The van der Waals surface area contributed by atoms with Crippen molar-refractivity contribution in [3.8, 4) is 5.75 Å². The van der Waals surface area contributed by atoms with Crippen molar-refractivity contribution >= 4 is 0 Å². The average molecular weight is 245 g/mol. The second-order valence-corrected chi connectivity index (χ2v) is 4.12. The summed E-state index contributed by atoms with van der Waals surface area (Å²) in [6, 6.07) is 4.11. The Morgan fingerprint density at radius 1 is 1.41 bits per heavy atom. The van der Waals surface area contributed by atoms with Gasteiger partial charge in [-0.25, -0.2) is 0 Å². The summed E-state index contributed by atoms with van der Waals surface area (Å²) in [5, 5.41) is 2.96. The van der Waals surface area contributed by atoms with Crippen LogP contribution >= 0.6 is 0 Å². The number of ether oxygens (including phenoxy) is 1. The van der Waals surface area contributed by atoms with Gasteiger partial charge in [-0.15, -0.1) is 0 Å². The van der Waals surface area contributed by atoms with Crippen LogP contribution in [0.5, 0.6) is 5.75 Å². The van der Waals surface area contributed by atoms with Crippen LogP contribution in [0.1, 0.15) is 17.5 Å². The second-order valence-electron chi connectivity index (χ2n) is 4.12. The van der Waals surface area contributed by atoms with E-state index in [0.717, 1.165) is 12.6 Å². The number of nitrogens with one attached hydrogen (secondary N) is 1. The Balaban J connectivity index is 2.20. The molecule has 1 aliphatic rings. The fourth-order valence-electron chi connectivity index (χ4n) is 2.07. The monoisotopic (exact) mass is 245 g/mol. The highest BCUT2D eigenvalue weighted by Gasteiger charge is 2.37. The lowest BCUT2D eigenvalue weighted by molar-refractivity contribution is -0.138. The first-order valence-electron chi connectivity index (χ1n) is 5.52. The molecule has 0 aliphatic carbocycles. The van der Waals surface area contributed by atoms with E-state index in [1.54, 1.807) is 6.07 Å². The summed E-state index contributed by atoms with van der Waals surface area (Å²) >= 11 is 0. The Hall–Kier alpha value is -1.23. The van der Waals surface area contributed by atoms with Crippen LogP contribution in [-0.2, 0) is 12.6 Å². The van der Waals surface area contributed by atoms with Gasteiger partial charge in [0.1, 0.15) is 11.9 Å². The van der Waals surface area contributed by atoms with Crippen molar-refractivity contribution in [2.24, 2.45) is 0 Å². The Labute approximate surface area is 97.8 Å². The van der Waals surface area contributed by atoms with Gasteiger partial charge >= 0.3 is 6.18 Å². The minimum Gasteiger partial charge on any atom is -0.490 e. The number of alkyl halides is 3. The number of hydrogen-bond donors (Lipinski definition) is 1. The van der Waals surface area contributed by atoms with Gasteiger partial charge in [0, 0.05) is 12.0 Å². The van der Waals surface area contributed by atoms with Gasteiger partial charge in [-0.05, 0) is 32.1 Å². The van der Waals surface area contributed by atoms with Gasteiger partial charge in [0.2, 0.25) is 0 Å². The first kappa shape index (κ1) is 12.2. The molecule has 1 atom stereocenters. The molecule has 0 radical (unpaired) electrons. The van der Waals surface area contributed by atoms with E-state index in [1.165, 1.54) is 6.07 Å². The molecule has 0 amide bonds. The van der Waals surface area contributed by atoms with Crippen molar-refractivity contribution in [2.75, 3.05) is 13.6 Å². The lowest BCUT2D eigenvalue weighted by Crippen LogP contribution is -2.20. The summed E-state index contributed by atoms with van der Waals surface area (Å²) < 4.78 is 43.8. The highest BCUT2D eigenvalue weighted by molar-refractivity contribution is 5.44. The zero-order valence-corrected chi connectivity index (χ0v) is 9.47. The van der Waals surface area contributed by atoms with Gasteiger partial charge in [-0.3, -0.25) is 0 Å². The lowest BCUT2D eigenvalue weighted by Gasteiger charge is -2.09. The third kappa shape index (κ3) is 2.54. The van der Waals surface area contributed by atoms with E-state index < -0.39 is 11.7 Å². The third-order valence-corrected chi connectivity index (χ3v) is 2.88. The maximum atomic E-state index is 12.8. The maximum Gasteiger partial charge on any atom is 0.416 e. The Morgan fingerprint density at radius 2 is 2.18 bits per heavy atom. The summed E-state index contributed by atoms with van der Waals surface area (Å²) in [6.07, 6.45) is -3.40. The normalized spacial score (nSPS) is 18.9. The molecule has 2 nitrogen and oxygen atoms in total. The quantitative estimate of drug-likeness (QED) is 0.883. The molecule has 0 saturated heterocycles. The smallest absolute Gasteiger partial charge is 0.416 e. The van der Waals surface area contributed by atoms with Crippen LogP contribution in [0.4, 0.5) is 13.2 Å². The molecular formula is C12H14F3NO. The molecular weight excluding hydrogens is 231 g/mol. The third-order valence-electron chi connectivity index (χ3n) is 2.88.